The number of hydrogen-bond acceptors (Lipinski definition) is 1. The fourth-order valence-corrected chi connectivity index (χ4v) is 2.74. The van der Waals surface area contributed by atoms with Crippen molar-refractivity contribution in [2.75, 3.05) is 0 Å². The lowest BCUT2D eigenvalue weighted by atomic mass is 10.0. The molecule has 0 bridgehead atoms. The summed E-state index contributed by atoms with van der Waals surface area (Å²) in [6.45, 7) is 0. The van der Waals surface area contributed by atoms with E-state index in [1.807, 2.05) is 0 Å². The summed E-state index contributed by atoms with van der Waals surface area (Å²) in [5.74, 6) is -0.636. The minimum absolute atomic E-state index is 0.317. The van der Waals surface area contributed by atoms with Gasteiger partial charge in [0.2, 0.25) is 0 Å². The maximum Gasteiger partial charge on any atom is 0.131 e. The summed E-state index contributed by atoms with van der Waals surface area (Å²) in [5, 5.41) is 0. The van der Waals surface area contributed by atoms with Gasteiger partial charge in [-0.05, 0) is 40.8 Å². The van der Waals surface area contributed by atoms with E-state index in [-0.39, 0.29) is 11.6 Å². The molecule has 0 radical (unpaired) electrons. The number of nitrogens with zero attached hydrogens (tertiary/aromatic N) is 1. The minimum Gasteiger partial charge on any atom is -0.249 e. The highest BCUT2D eigenvalue weighted by atomic mass is 127. The van der Waals surface area contributed by atoms with Crippen LogP contribution in [0, 0.1) is 15.3 Å². The van der Waals surface area contributed by atoms with Crippen LogP contribution in [-0.2, 0) is 0 Å². The minimum atomic E-state index is -0.319. The molecule has 1 nitrogen and oxygen atoms in total. The molecule has 21 heavy (non-hydrogen) atoms. The van der Waals surface area contributed by atoms with Crippen molar-refractivity contribution in [2.24, 2.45) is 0 Å². The summed E-state index contributed by atoms with van der Waals surface area (Å²) in [4.78, 5) is 4.27. The average molecular weight is 393 g/mol. The second-order valence-corrected chi connectivity index (χ2v) is 5.54. The Kier molecular flexibility index (Phi) is 3.96. The molecular formula is C17H10F2IN. The molecule has 0 atom stereocenters. The highest BCUT2D eigenvalue weighted by Crippen LogP contribution is 2.31. The fraction of sp³-hybridized carbons (Fsp3) is 0. The Morgan fingerprint density at radius 2 is 1.33 bits per heavy atom. The van der Waals surface area contributed by atoms with E-state index in [9.17, 15) is 8.78 Å². The van der Waals surface area contributed by atoms with Crippen molar-refractivity contribution in [3.63, 3.8) is 0 Å². The first kappa shape index (κ1) is 14.1. The molecular weight excluding hydrogens is 383 g/mol. The van der Waals surface area contributed by atoms with Crippen molar-refractivity contribution >= 4 is 22.6 Å². The van der Waals surface area contributed by atoms with Gasteiger partial charge in [0.25, 0.3) is 0 Å². The quantitative estimate of drug-likeness (QED) is 0.426. The molecule has 0 amide bonds. The van der Waals surface area contributed by atoms with E-state index in [4.69, 9.17) is 0 Å². The smallest absolute Gasteiger partial charge is 0.131 e. The van der Waals surface area contributed by atoms with Gasteiger partial charge in [-0.3, -0.25) is 0 Å². The third kappa shape index (κ3) is 2.81. The summed E-state index contributed by atoms with van der Waals surface area (Å²) >= 11 is 2.05. The number of pyridine rings is 1. The van der Waals surface area contributed by atoms with E-state index in [0.29, 0.717) is 26.0 Å². The van der Waals surface area contributed by atoms with E-state index in [0.717, 1.165) is 0 Å². The van der Waals surface area contributed by atoms with E-state index in [1.165, 1.54) is 12.1 Å². The molecule has 3 rings (SSSR count). The van der Waals surface area contributed by atoms with Crippen LogP contribution >= 0.6 is 22.6 Å². The van der Waals surface area contributed by atoms with Crippen LogP contribution in [0.4, 0.5) is 8.78 Å². The maximum atomic E-state index is 14.0. The van der Waals surface area contributed by atoms with Crippen LogP contribution in [0.25, 0.3) is 22.3 Å². The maximum absolute atomic E-state index is 14.0. The second-order valence-electron chi connectivity index (χ2n) is 4.52. The molecule has 0 aliphatic rings. The zero-order valence-corrected chi connectivity index (χ0v) is 13.0. The first-order valence-electron chi connectivity index (χ1n) is 6.32. The number of benzene rings is 2. The molecule has 104 valence electrons. The summed E-state index contributed by atoms with van der Waals surface area (Å²) in [6, 6.07) is 14.8. The molecule has 1 aromatic heterocycles. The van der Waals surface area contributed by atoms with E-state index in [2.05, 4.69) is 27.6 Å². The third-order valence-corrected chi connectivity index (χ3v) is 4.05. The number of hydrogen-bond donors (Lipinski definition) is 0. The predicted molar refractivity (Wildman–Crippen MR) is 87.7 cm³/mol. The van der Waals surface area contributed by atoms with Crippen LogP contribution in [0.3, 0.4) is 0 Å². The number of halogens is 3. The summed E-state index contributed by atoms with van der Waals surface area (Å²) < 4.78 is 28.5. The largest absolute Gasteiger partial charge is 0.249 e. The molecule has 0 saturated heterocycles. The molecule has 0 aliphatic carbocycles. The van der Waals surface area contributed by atoms with Crippen LogP contribution in [0.5, 0.6) is 0 Å². The van der Waals surface area contributed by atoms with Gasteiger partial charge in [-0.15, -0.1) is 0 Å². The first-order valence-corrected chi connectivity index (χ1v) is 7.40. The Morgan fingerprint density at radius 1 is 0.762 bits per heavy atom. The second kappa shape index (κ2) is 5.89. The Balaban J connectivity index is 2.18. The van der Waals surface area contributed by atoms with Crippen molar-refractivity contribution in [2.45, 2.75) is 0 Å². The fourth-order valence-electron chi connectivity index (χ4n) is 2.16. The normalized spacial score (nSPS) is 10.6. The molecule has 2 aromatic carbocycles. The van der Waals surface area contributed by atoms with Crippen molar-refractivity contribution < 1.29 is 8.78 Å². The zero-order valence-electron chi connectivity index (χ0n) is 10.9. The van der Waals surface area contributed by atoms with Crippen LogP contribution in [0.15, 0.2) is 60.8 Å². The van der Waals surface area contributed by atoms with Crippen LogP contribution < -0.4 is 0 Å². The highest BCUT2D eigenvalue weighted by Gasteiger charge is 2.12. The molecule has 3 aromatic rings. The molecule has 0 spiro atoms. The first-order chi connectivity index (χ1) is 10.2. The SMILES string of the molecule is Fc1ccccc1-c1cnc(I)c(-c2ccccc2F)c1. The Hall–Kier alpha value is -1.82. The van der Waals surface area contributed by atoms with Crippen molar-refractivity contribution in [1.82, 2.24) is 4.98 Å². The van der Waals surface area contributed by atoms with Gasteiger partial charge < -0.3 is 0 Å². The van der Waals surface area contributed by atoms with Gasteiger partial charge >= 0.3 is 0 Å². The van der Waals surface area contributed by atoms with E-state index in [1.54, 1.807) is 48.7 Å². The van der Waals surface area contributed by atoms with Crippen LogP contribution in [0.1, 0.15) is 0 Å². The molecule has 0 saturated carbocycles. The number of aromatic nitrogens is 1. The van der Waals surface area contributed by atoms with Gasteiger partial charge in [0.1, 0.15) is 15.3 Å². The predicted octanol–water partition coefficient (Wildman–Crippen LogP) is 5.30. The van der Waals surface area contributed by atoms with Gasteiger partial charge in [-0.2, -0.15) is 0 Å². The molecule has 0 N–H and O–H groups in total. The summed E-state index contributed by atoms with van der Waals surface area (Å²) in [7, 11) is 0. The third-order valence-electron chi connectivity index (χ3n) is 3.19. The van der Waals surface area contributed by atoms with E-state index < -0.39 is 0 Å². The molecule has 0 aliphatic heterocycles. The van der Waals surface area contributed by atoms with Crippen molar-refractivity contribution in [1.29, 1.82) is 0 Å². The van der Waals surface area contributed by atoms with Crippen molar-refractivity contribution in [3.05, 3.63) is 76.1 Å². The Morgan fingerprint density at radius 3 is 1.95 bits per heavy atom. The van der Waals surface area contributed by atoms with Gasteiger partial charge in [0.05, 0.1) is 0 Å². The topological polar surface area (TPSA) is 12.9 Å². The standard InChI is InChI=1S/C17H10F2IN/c18-15-7-3-1-5-12(15)11-9-14(17(20)21-10-11)13-6-2-4-8-16(13)19/h1-10H. The highest BCUT2D eigenvalue weighted by molar-refractivity contribution is 14.1. The van der Waals surface area contributed by atoms with Gasteiger partial charge in [-0.1, -0.05) is 36.4 Å². The lowest BCUT2D eigenvalue weighted by Gasteiger charge is -2.09. The van der Waals surface area contributed by atoms with Gasteiger partial charge in [0, 0.05) is 28.5 Å². The molecule has 0 unspecified atom stereocenters. The lowest BCUT2D eigenvalue weighted by molar-refractivity contribution is 0.631. The summed E-state index contributed by atoms with van der Waals surface area (Å²) in [5.41, 5.74) is 2.22. The van der Waals surface area contributed by atoms with Crippen molar-refractivity contribution in [3.8, 4) is 22.3 Å². The zero-order chi connectivity index (χ0) is 14.8. The van der Waals surface area contributed by atoms with Gasteiger partial charge in [-0.25, -0.2) is 13.8 Å². The average Bonchev–Trinajstić information content (AvgIpc) is 2.49. The molecule has 4 heteroatoms. The molecule has 0 fully saturated rings. The lowest BCUT2D eigenvalue weighted by Crippen LogP contribution is -1.93. The van der Waals surface area contributed by atoms with Gasteiger partial charge in [0.15, 0.2) is 0 Å². The monoisotopic (exact) mass is 393 g/mol. The van der Waals surface area contributed by atoms with Crippen LogP contribution in [0.2, 0.25) is 0 Å². The van der Waals surface area contributed by atoms with E-state index >= 15 is 0 Å². The molecule has 1 heterocycles. The van der Waals surface area contributed by atoms with Crippen LogP contribution in [-0.4, -0.2) is 4.98 Å². The summed E-state index contributed by atoms with van der Waals surface area (Å²) in [6.07, 6.45) is 1.60. The Bertz CT molecular complexity index is 802. The number of rotatable bonds is 2. The Labute approximate surface area is 134 Å².